The minimum atomic E-state index is -0.0267. The monoisotopic (exact) mass is 304 g/mol. The van der Waals surface area contributed by atoms with Crippen LogP contribution in [-0.4, -0.2) is 16.1 Å². The van der Waals surface area contributed by atoms with Crippen LogP contribution in [0.3, 0.4) is 0 Å². The van der Waals surface area contributed by atoms with Crippen molar-refractivity contribution in [1.82, 2.24) is 0 Å². The summed E-state index contributed by atoms with van der Waals surface area (Å²) in [4.78, 5) is 0. The number of hydrogen-bond donors (Lipinski definition) is 0. The Morgan fingerprint density at radius 2 is 2.05 bits per heavy atom. The molecule has 3 rings (SSSR count). The predicted octanol–water partition coefficient (Wildman–Crippen LogP) is 5.35. The molecule has 0 N–H and O–H groups in total. The lowest BCUT2D eigenvalue weighted by Gasteiger charge is -2.41. The van der Waals surface area contributed by atoms with Gasteiger partial charge in [0.25, 0.3) is 0 Å². The molecule has 0 radical (unpaired) electrons. The topological polar surface area (TPSA) is 9.23 Å². The van der Waals surface area contributed by atoms with Crippen LogP contribution in [0.1, 0.15) is 58.6 Å². The van der Waals surface area contributed by atoms with Crippen LogP contribution in [0.4, 0.5) is 0 Å². The van der Waals surface area contributed by atoms with Crippen molar-refractivity contribution in [2.45, 2.75) is 70.1 Å². The van der Waals surface area contributed by atoms with Crippen LogP contribution in [0.2, 0.25) is 0 Å². The molecule has 116 valence electrons. The average Bonchev–Trinajstić information content (AvgIpc) is 2.76. The maximum atomic E-state index is 6.69. The Morgan fingerprint density at radius 1 is 1.33 bits per heavy atom. The highest BCUT2D eigenvalue weighted by Gasteiger charge is 2.63. The van der Waals surface area contributed by atoms with Gasteiger partial charge in [-0.25, -0.2) is 0 Å². The van der Waals surface area contributed by atoms with Crippen molar-refractivity contribution < 1.29 is 4.74 Å². The molecule has 21 heavy (non-hydrogen) atoms. The molecule has 1 saturated carbocycles. The van der Waals surface area contributed by atoms with Crippen LogP contribution in [0.5, 0.6) is 5.75 Å². The van der Waals surface area contributed by atoms with Gasteiger partial charge in [-0.2, -0.15) is 11.8 Å². The van der Waals surface area contributed by atoms with Gasteiger partial charge in [-0.15, -0.1) is 0 Å². The average molecular weight is 304 g/mol. The largest absolute Gasteiger partial charge is 0.485 e. The number of hydrogen-bond acceptors (Lipinski definition) is 2. The Labute approximate surface area is 133 Å². The fraction of sp³-hybridized carbons (Fsp3) is 0.684. The van der Waals surface area contributed by atoms with Gasteiger partial charge in [0.15, 0.2) is 0 Å². The van der Waals surface area contributed by atoms with E-state index in [1.807, 2.05) is 0 Å². The van der Waals surface area contributed by atoms with Gasteiger partial charge in [0.05, 0.1) is 0 Å². The molecule has 3 atom stereocenters. The molecule has 1 aromatic carbocycles. The molecule has 0 amide bonds. The number of benzene rings is 1. The number of fused-ring (bicyclic) bond motifs is 3. The molecule has 2 heteroatoms. The molecule has 1 heterocycles. The Kier molecular flexibility index (Phi) is 3.40. The molecule has 1 aliphatic heterocycles. The van der Waals surface area contributed by atoms with Crippen molar-refractivity contribution in [3.63, 3.8) is 0 Å². The summed E-state index contributed by atoms with van der Waals surface area (Å²) in [6, 6.07) is 6.78. The minimum absolute atomic E-state index is 0.0267. The minimum Gasteiger partial charge on any atom is -0.485 e. The van der Waals surface area contributed by atoms with Crippen LogP contribution in [0.15, 0.2) is 18.2 Å². The second kappa shape index (κ2) is 4.68. The standard InChI is InChI=1S/C19H28OS/c1-13-7-8-15-16(11-13)20-19(12-21-17(3,4)5)14(2)9-10-18(15,19)6/h7-8,11,14H,9-10,12H2,1-6H3/t14-,18-,19-/m1/s1. The fourth-order valence-corrected chi connectivity index (χ4v) is 5.40. The first kappa shape index (κ1) is 15.3. The van der Waals surface area contributed by atoms with Crippen molar-refractivity contribution in [2.75, 3.05) is 5.75 Å². The summed E-state index contributed by atoms with van der Waals surface area (Å²) < 4.78 is 6.97. The van der Waals surface area contributed by atoms with E-state index in [1.165, 1.54) is 24.0 Å². The van der Waals surface area contributed by atoms with Crippen molar-refractivity contribution in [2.24, 2.45) is 5.92 Å². The van der Waals surface area contributed by atoms with Crippen molar-refractivity contribution >= 4 is 11.8 Å². The third kappa shape index (κ3) is 2.21. The maximum absolute atomic E-state index is 6.69. The molecule has 1 fully saturated rings. The number of rotatable bonds is 2. The molecule has 0 aromatic heterocycles. The van der Waals surface area contributed by atoms with Crippen molar-refractivity contribution in [1.29, 1.82) is 0 Å². The van der Waals surface area contributed by atoms with E-state index < -0.39 is 0 Å². The zero-order valence-electron chi connectivity index (χ0n) is 14.2. The number of aryl methyl sites for hydroxylation is 1. The highest BCUT2D eigenvalue weighted by Crippen LogP contribution is 2.61. The van der Waals surface area contributed by atoms with E-state index >= 15 is 0 Å². The zero-order chi connectivity index (χ0) is 15.5. The van der Waals surface area contributed by atoms with E-state index in [9.17, 15) is 0 Å². The second-order valence-electron chi connectivity index (χ2n) is 8.16. The summed E-state index contributed by atoms with van der Waals surface area (Å²) in [7, 11) is 0. The van der Waals surface area contributed by atoms with E-state index in [1.54, 1.807) is 0 Å². The second-order valence-corrected chi connectivity index (χ2v) is 9.97. The SMILES string of the molecule is Cc1ccc2c(c1)O[C@]1(CSC(C)(C)C)[C@H](C)CC[C@]21C. The van der Waals surface area contributed by atoms with Crippen molar-refractivity contribution in [3.05, 3.63) is 29.3 Å². The molecule has 0 unspecified atom stereocenters. The molecule has 1 aromatic rings. The molecular formula is C19H28OS. The van der Waals surface area contributed by atoms with Crippen LogP contribution >= 0.6 is 11.8 Å². The third-order valence-electron chi connectivity index (χ3n) is 5.55. The van der Waals surface area contributed by atoms with E-state index in [-0.39, 0.29) is 15.8 Å². The molecule has 0 spiro atoms. The van der Waals surface area contributed by atoms with E-state index in [0.29, 0.717) is 5.92 Å². The molecule has 1 nitrogen and oxygen atoms in total. The number of thioether (sulfide) groups is 1. The summed E-state index contributed by atoms with van der Waals surface area (Å²) in [5, 5.41) is 0. The van der Waals surface area contributed by atoms with Crippen LogP contribution in [0.25, 0.3) is 0 Å². The number of ether oxygens (including phenoxy) is 1. The van der Waals surface area contributed by atoms with Crippen LogP contribution < -0.4 is 4.74 Å². The lowest BCUT2D eigenvalue weighted by molar-refractivity contribution is 0.0354. The predicted molar refractivity (Wildman–Crippen MR) is 92.5 cm³/mol. The van der Waals surface area contributed by atoms with Gasteiger partial charge in [-0.05, 0) is 37.3 Å². The Morgan fingerprint density at radius 3 is 2.71 bits per heavy atom. The highest BCUT2D eigenvalue weighted by atomic mass is 32.2. The van der Waals surface area contributed by atoms with Gasteiger partial charge < -0.3 is 4.74 Å². The van der Waals surface area contributed by atoms with E-state index in [0.717, 1.165) is 11.5 Å². The molecule has 1 aliphatic carbocycles. The Balaban J connectivity index is 2.02. The van der Waals surface area contributed by atoms with Gasteiger partial charge in [0, 0.05) is 21.5 Å². The Bertz CT molecular complexity index is 559. The van der Waals surface area contributed by atoms with Gasteiger partial charge >= 0.3 is 0 Å². The summed E-state index contributed by atoms with van der Waals surface area (Å²) in [6.07, 6.45) is 2.52. The van der Waals surface area contributed by atoms with Gasteiger partial charge in [0.1, 0.15) is 11.4 Å². The third-order valence-corrected chi connectivity index (χ3v) is 6.99. The quantitative estimate of drug-likeness (QED) is 0.729. The highest BCUT2D eigenvalue weighted by molar-refractivity contribution is 8.00. The first-order chi connectivity index (χ1) is 9.68. The molecular weight excluding hydrogens is 276 g/mol. The molecule has 2 aliphatic rings. The van der Waals surface area contributed by atoms with Gasteiger partial charge in [-0.3, -0.25) is 0 Å². The lowest BCUT2D eigenvalue weighted by atomic mass is 9.71. The van der Waals surface area contributed by atoms with Crippen LogP contribution in [-0.2, 0) is 5.41 Å². The summed E-state index contributed by atoms with van der Waals surface area (Å²) in [5.74, 6) is 2.84. The normalized spacial score (nSPS) is 34.5. The maximum Gasteiger partial charge on any atom is 0.130 e. The van der Waals surface area contributed by atoms with Crippen molar-refractivity contribution in [3.8, 4) is 5.75 Å². The molecule has 0 bridgehead atoms. The summed E-state index contributed by atoms with van der Waals surface area (Å²) >= 11 is 2.05. The van der Waals surface area contributed by atoms with Gasteiger partial charge in [0.2, 0.25) is 0 Å². The summed E-state index contributed by atoms with van der Waals surface area (Å²) in [6.45, 7) is 13.9. The first-order valence-corrected chi connectivity index (χ1v) is 9.11. The summed E-state index contributed by atoms with van der Waals surface area (Å²) in [5.41, 5.74) is 2.88. The van der Waals surface area contributed by atoms with Crippen LogP contribution in [0, 0.1) is 12.8 Å². The molecule has 0 saturated heterocycles. The van der Waals surface area contributed by atoms with Gasteiger partial charge in [-0.1, -0.05) is 46.8 Å². The smallest absolute Gasteiger partial charge is 0.130 e. The zero-order valence-corrected chi connectivity index (χ0v) is 15.1. The fourth-order valence-electron chi connectivity index (χ4n) is 4.09. The first-order valence-electron chi connectivity index (χ1n) is 8.12. The van der Waals surface area contributed by atoms with E-state index in [2.05, 4.69) is 71.5 Å². The lowest BCUT2D eigenvalue weighted by Crippen LogP contribution is -2.52. The Hall–Kier alpha value is -0.630. The van der Waals surface area contributed by atoms with E-state index in [4.69, 9.17) is 4.74 Å².